The van der Waals surface area contributed by atoms with Crippen molar-refractivity contribution in [2.45, 2.75) is 65.9 Å². The average molecular weight is 322 g/mol. The van der Waals surface area contributed by atoms with Gasteiger partial charge in [0, 0.05) is 0 Å². The van der Waals surface area contributed by atoms with Gasteiger partial charge in [0.05, 0.1) is 19.3 Å². The summed E-state index contributed by atoms with van der Waals surface area (Å²) < 4.78 is 0. The van der Waals surface area contributed by atoms with Gasteiger partial charge in [0.1, 0.15) is 0 Å². The minimum atomic E-state index is -0.592. The van der Waals surface area contributed by atoms with Crippen LogP contribution in [0.4, 0.5) is 0 Å². The van der Waals surface area contributed by atoms with Crippen LogP contribution in [0.1, 0.15) is 59.8 Å². The van der Waals surface area contributed by atoms with Gasteiger partial charge in [-0.2, -0.15) is 0 Å². The molecular weight excluding hydrogens is 288 g/mol. The molecule has 0 aliphatic heterocycles. The fourth-order valence-corrected chi connectivity index (χ4v) is 2.20. The van der Waals surface area contributed by atoms with Crippen molar-refractivity contribution in [1.82, 2.24) is 0 Å². The number of allylic oxidation sites excluding steroid dienone is 5. The summed E-state index contributed by atoms with van der Waals surface area (Å²) in [7, 11) is 0. The van der Waals surface area contributed by atoms with Gasteiger partial charge >= 0.3 is 0 Å². The Labute approximate surface area is 141 Å². The fraction of sp³-hybridized carbons (Fsp3) is 0.600. The second-order valence-electron chi connectivity index (χ2n) is 6.33. The van der Waals surface area contributed by atoms with E-state index in [1.54, 1.807) is 0 Å². The van der Waals surface area contributed by atoms with Gasteiger partial charge in [-0.3, -0.25) is 0 Å². The van der Waals surface area contributed by atoms with Crippen LogP contribution in [0.15, 0.2) is 46.6 Å². The molecule has 0 aliphatic carbocycles. The van der Waals surface area contributed by atoms with Crippen LogP contribution in [-0.4, -0.2) is 34.6 Å². The lowest BCUT2D eigenvalue weighted by molar-refractivity contribution is 0.189. The van der Waals surface area contributed by atoms with Crippen LogP contribution in [0.3, 0.4) is 0 Å². The Hall–Kier alpha value is -1.16. The predicted molar refractivity (Wildman–Crippen MR) is 98.3 cm³/mol. The maximum absolute atomic E-state index is 10.1. The molecule has 0 amide bonds. The van der Waals surface area contributed by atoms with E-state index in [4.69, 9.17) is 5.11 Å². The fourth-order valence-electron chi connectivity index (χ4n) is 2.20. The third-order valence-electron chi connectivity index (χ3n) is 3.78. The molecule has 0 saturated carbocycles. The molecule has 0 aliphatic rings. The topological polar surface area (TPSA) is 60.7 Å². The molecule has 0 aromatic rings. The van der Waals surface area contributed by atoms with Gasteiger partial charge in [-0.05, 0) is 65.4 Å². The third-order valence-corrected chi connectivity index (χ3v) is 3.78. The van der Waals surface area contributed by atoms with E-state index in [1.165, 1.54) is 16.7 Å². The van der Waals surface area contributed by atoms with E-state index in [2.05, 4.69) is 13.0 Å². The minimum Gasteiger partial charge on any atom is -0.392 e. The van der Waals surface area contributed by atoms with Crippen molar-refractivity contribution in [3.8, 4) is 0 Å². The van der Waals surface area contributed by atoms with E-state index in [1.807, 2.05) is 39.0 Å². The Morgan fingerprint density at radius 3 is 1.91 bits per heavy atom. The van der Waals surface area contributed by atoms with Crippen molar-refractivity contribution in [3.63, 3.8) is 0 Å². The monoisotopic (exact) mass is 322 g/mol. The van der Waals surface area contributed by atoms with Gasteiger partial charge in [0.25, 0.3) is 0 Å². The lowest BCUT2D eigenvalue weighted by Gasteiger charge is -2.11. The molecule has 0 rings (SSSR count). The highest BCUT2D eigenvalue weighted by molar-refractivity contribution is 5.12. The molecule has 0 bridgehead atoms. The SMILES string of the molecule is CC(C)=CC[C@@H](O)/C(=C/CC/C(C)=C/CC/C(C)=C/CO)CO. The lowest BCUT2D eigenvalue weighted by atomic mass is 10.0. The van der Waals surface area contributed by atoms with Crippen LogP contribution < -0.4 is 0 Å². The molecule has 0 fully saturated rings. The lowest BCUT2D eigenvalue weighted by Crippen LogP contribution is -2.12. The molecule has 1 atom stereocenters. The Kier molecular flexibility index (Phi) is 12.6. The zero-order valence-electron chi connectivity index (χ0n) is 15.2. The van der Waals surface area contributed by atoms with Gasteiger partial charge in [-0.25, -0.2) is 0 Å². The Morgan fingerprint density at radius 1 is 0.826 bits per heavy atom. The summed E-state index contributed by atoms with van der Waals surface area (Å²) in [4.78, 5) is 0. The quantitative estimate of drug-likeness (QED) is 0.503. The van der Waals surface area contributed by atoms with Crippen LogP contribution >= 0.6 is 0 Å². The predicted octanol–water partition coefficient (Wildman–Crippen LogP) is 4.07. The molecule has 0 aromatic carbocycles. The molecule has 0 unspecified atom stereocenters. The van der Waals surface area contributed by atoms with Gasteiger partial charge in [0.15, 0.2) is 0 Å². The van der Waals surface area contributed by atoms with Crippen LogP contribution in [0.25, 0.3) is 0 Å². The van der Waals surface area contributed by atoms with E-state index in [9.17, 15) is 10.2 Å². The smallest absolute Gasteiger partial charge is 0.0806 e. The first-order valence-electron chi connectivity index (χ1n) is 8.44. The zero-order valence-corrected chi connectivity index (χ0v) is 15.2. The maximum atomic E-state index is 10.1. The van der Waals surface area contributed by atoms with Crippen LogP contribution in [0, 0.1) is 0 Å². The molecule has 0 radical (unpaired) electrons. The first-order valence-corrected chi connectivity index (χ1v) is 8.44. The summed E-state index contributed by atoms with van der Waals surface area (Å²) in [5.74, 6) is 0. The number of aliphatic hydroxyl groups is 3. The molecular formula is C20H34O3. The van der Waals surface area contributed by atoms with Crippen molar-refractivity contribution in [2.24, 2.45) is 0 Å². The van der Waals surface area contributed by atoms with Crippen molar-refractivity contribution in [2.75, 3.05) is 13.2 Å². The summed E-state index contributed by atoms with van der Waals surface area (Å²) >= 11 is 0. The third kappa shape index (κ3) is 12.0. The second kappa shape index (κ2) is 13.3. The standard InChI is InChI=1S/C20H34O3/c1-16(2)11-12-20(23)19(15-22)10-6-9-17(3)7-5-8-18(4)13-14-21/h7,10-11,13,20-23H,5-6,8-9,12,14-15H2,1-4H3/b17-7+,18-13+,19-10+/t20-/m1/s1. The first-order chi connectivity index (χ1) is 10.9. The summed E-state index contributed by atoms with van der Waals surface area (Å²) in [6.07, 6.45) is 11.7. The molecule has 23 heavy (non-hydrogen) atoms. The average Bonchev–Trinajstić information content (AvgIpc) is 2.49. The summed E-state index contributed by atoms with van der Waals surface area (Å²) in [5.41, 5.74) is 4.40. The molecule has 132 valence electrons. The number of aliphatic hydroxyl groups excluding tert-OH is 3. The number of rotatable bonds is 11. The van der Waals surface area contributed by atoms with E-state index in [0.717, 1.165) is 25.7 Å². The van der Waals surface area contributed by atoms with Gasteiger partial charge < -0.3 is 15.3 Å². The van der Waals surface area contributed by atoms with E-state index < -0.39 is 6.10 Å². The molecule has 0 spiro atoms. The van der Waals surface area contributed by atoms with Crippen molar-refractivity contribution >= 4 is 0 Å². The normalized spacial score (nSPS) is 14.8. The number of hydrogen-bond acceptors (Lipinski definition) is 3. The Balaban J connectivity index is 4.30. The van der Waals surface area contributed by atoms with Crippen LogP contribution in [0.2, 0.25) is 0 Å². The van der Waals surface area contributed by atoms with E-state index in [-0.39, 0.29) is 13.2 Å². The highest BCUT2D eigenvalue weighted by atomic mass is 16.3. The van der Waals surface area contributed by atoms with E-state index in [0.29, 0.717) is 12.0 Å². The highest BCUT2D eigenvalue weighted by Crippen LogP contribution is 2.14. The van der Waals surface area contributed by atoms with Gasteiger partial charge in [0.2, 0.25) is 0 Å². The summed E-state index contributed by atoms with van der Waals surface area (Å²) in [6, 6.07) is 0. The van der Waals surface area contributed by atoms with Crippen molar-refractivity contribution < 1.29 is 15.3 Å². The Morgan fingerprint density at radius 2 is 1.39 bits per heavy atom. The van der Waals surface area contributed by atoms with Crippen molar-refractivity contribution in [3.05, 3.63) is 46.6 Å². The summed E-state index contributed by atoms with van der Waals surface area (Å²) in [6.45, 7) is 8.16. The van der Waals surface area contributed by atoms with Crippen LogP contribution in [-0.2, 0) is 0 Å². The molecule has 0 heterocycles. The van der Waals surface area contributed by atoms with Gasteiger partial charge in [-0.15, -0.1) is 0 Å². The first kappa shape index (κ1) is 21.8. The summed E-state index contributed by atoms with van der Waals surface area (Å²) in [5, 5.41) is 28.3. The van der Waals surface area contributed by atoms with Gasteiger partial charge in [-0.1, -0.05) is 41.0 Å². The molecule has 0 aromatic heterocycles. The second-order valence-corrected chi connectivity index (χ2v) is 6.33. The number of hydrogen-bond donors (Lipinski definition) is 3. The van der Waals surface area contributed by atoms with Crippen LogP contribution in [0.5, 0.6) is 0 Å². The molecule has 3 nitrogen and oxygen atoms in total. The van der Waals surface area contributed by atoms with Crippen molar-refractivity contribution in [1.29, 1.82) is 0 Å². The van der Waals surface area contributed by atoms with E-state index >= 15 is 0 Å². The Bertz CT molecular complexity index is 438. The molecule has 3 N–H and O–H groups in total. The largest absolute Gasteiger partial charge is 0.392 e. The highest BCUT2D eigenvalue weighted by Gasteiger charge is 2.07. The molecule has 0 saturated heterocycles. The zero-order chi connectivity index (χ0) is 17.7. The maximum Gasteiger partial charge on any atom is 0.0806 e. The minimum absolute atomic E-state index is 0.0916. The molecule has 3 heteroatoms.